The first-order valence-corrected chi connectivity index (χ1v) is 20.0. The lowest BCUT2D eigenvalue weighted by Crippen LogP contribution is -2.68. The minimum absolute atomic E-state index is 0.0236. The van der Waals surface area contributed by atoms with Gasteiger partial charge < -0.3 is 14.1 Å². The minimum atomic E-state index is -2.55. The largest absolute Gasteiger partial charge is 0.492 e. The molecule has 4 aliphatic rings. The fourth-order valence-electron chi connectivity index (χ4n) is 8.51. The Kier molecular flexibility index (Phi) is 9.52. The van der Waals surface area contributed by atoms with Gasteiger partial charge in [-0.05, 0) is 83.7 Å². The number of imide groups is 1. The molecule has 0 spiro atoms. The fraction of sp³-hybridized carbons (Fsp3) is 0.475. The number of nitrogens with zero attached hydrogens (tertiary/aromatic N) is 2. The second-order valence-corrected chi connectivity index (χ2v) is 19.7. The van der Waals surface area contributed by atoms with Crippen LogP contribution in [0.2, 0.25) is 5.04 Å². The van der Waals surface area contributed by atoms with Gasteiger partial charge in [-0.1, -0.05) is 87.9 Å². The summed E-state index contributed by atoms with van der Waals surface area (Å²) in [7, 11) is -2.55. The van der Waals surface area contributed by atoms with Crippen LogP contribution in [0.15, 0.2) is 78.9 Å². The summed E-state index contributed by atoms with van der Waals surface area (Å²) in [5, 5.41) is 5.02. The third kappa shape index (κ3) is 6.73. The van der Waals surface area contributed by atoms with E-state index in [9.17, 15) is 14.4 Å². The molecule has 1 unspecified atom stereocenters. The lowest BCUT2D eigenvalue weighted by molar-refractivity contribution is -0.136. The summed E-state index contributed by atoms with van der Waals surface area (Å²) in [6.45, 7) is 10.2. The first kappa shape index (κ1) is 33.7. The molecule has 1 saturated carbocycles. The van der Waals surface area contributed by atoms with Gasteiger partial charge in [-0.25, -0.2) is 0 Å². The second kappa shape index (κ2) is 13.8. The second-order valence-electron chi connectivity index (χ2n) is 15.4. The molecule has 0 bridgehead atoms. The molecule has 7 rings (SSSR count). The van der Waals surface area contributed by atoms with Crippen molar-refractivity contribution in [3.8, 4) is 5.75 Å². The Bertz CT molecular complexity index is 1630. The third-order valence-electron chi connectivity index (χ3n) is 11.1. The van der Waals surface area contributed by atoms with E-state index in [1.165, 1.54) is 23.2 Å². The van der Waals surface area contributed by atoms with Crippen molar-refractivity contribution < 1.29 is 23.5 Å². The molecule has 1 N–H and O–H groups in total. The number of nitrogens with one attached hydrogen (secondary N) is 1. The number of hydrogen-bond acceptors (Lipinski definition) is 6. The van der Waals surface area contributed by atoms with Crippen molar-refractivity contribution >= 4 is 36.4 Å². The van der Waals surface area contributed by atoms with E-state index in [0.29, 0.717) is 37.1 Å². The quantitative estimate of drug-likeness (QED) is 0.239. The topological polar surface area (TPSA) is 88.2 Å². The number of ether oxygens (including phenoxy) is 1. The van der Waals surface area contributed by atoms with Crippen molar-refractivity contribution in [3.63, 3.8) is 0 Å². The SMILES string of the molecule is CC(C)(C)[Si](OC1CC(CN2CCCC[C@@H]2COc2ccc3c(c2)CN(C2CCC(=O)NC2=O)C3=O)C1)(c1ccccc1)c1ccccc1. The Hall–Kier alpha value is -3.79. The Morgan fingerprint density at radius 1 is 0.878 bits per heavy atom. The van der Waals surface area contributed by atoms with Crippen LogP contribution < -0.4 is 20.4 Å². The van der Waals surface area contributed by atoms with Crippen LogP contribution in [-0.4, -0.2) is 73.7 Å². The molecule has 3 fully saturated rings. The van der Waals surface area contributed by atoms with E-state index < -0.39 is 20.3 Å². The lowest BCUT2D eigenvalue weighted by atomic mass is 9.81. The summed E-state index contributed by atoms with van der Waals surface area (Å²) in [5.74, 6) is 0.530. The Balaban J connectivity index is 0.968. The summed E-state index contributed by atoms with van der Waals surface area (Å²) < 4.78 is 13.8. The van der Waals surface area contributed by atoms with Gasteiger partial charge in [0, 0.05) is 37.2 Å². The van der Waals surface area contributed by atoms with Crippen LogP contribution in [-0.2, 0) is 20.6 Å². The summed E-state index contributed by atoms with van der Waals surface area (Å²) in [4.78, 5) is 41.4. The van der Waals surface area contributed by atoms with Gasteiger partial charge in [0.25, 0.3) is 14.2 Å². The number of fused-ring (bicyclic) bond motifs is 1. The van der Waals surface area contributed by atoms with Gasteiger partial charge in [0.15, 0.2) is 0 Å². The van der Waals surface area contributed by atoms with Gasteiger partial charge in [0.2, 0.25) is 11.8 Å². The van der Waals surface area contributed by atoms with Gasteiger partial charge in [-0.15, -0.1) is 0 Å². The summed E-state index contributed by atoms with van der Waals surface area (Å²) in [5.41, 5.74) is 1.48. The van der Waals surface area contributed by atoms with Crippen LogP contribution in [0.1, 0.15) is 81.6 Å². The number of likely N-dealkylation sites (tertiary alicyclic amines) is 1. The van der Waals surface area contributed by atoms with Crippen LogP contribution in [0.25, 0.3) is 0 Å². The summed E-state index contributed by atoms with van der Waals surface area (Å²) in [6, 6.07) is 27.2. The van der Waals surface area contributed by atoms with Crippen molar-refractivity contribution in [1.29, 1.82) is 0 Å². The first-order chi connectivity index (χ1) is 23.6. The molecule has 2 atom stereocenters. The molecule has 1 aliphatic carbocycles. The van der Waals surface area contributed by atoms with Crippen LogP contribution in [0.5, 0.6) is 5.75 Å². The summed E-state index contributed by atoms with van der Waals surface area (Å²) >= 11 is 0. The lowest BCUT2D eigenvalue weighted by Gasteiger charge is -2.49. The molecule has 8 nitrogen and oxygen atoms in total. The molecule has 0 radical (unpaired) electrons. The number of rotatable bonds is 10. The highest BCUT2D eigenvalue weighted by Gasteiger charge is 2.53. The van der Waals surface area contributed by atoms with E-state index >= 15 is 0 Å². The van der Waals surface area contributed by atoms with E-state index in [1.54, 1.807) is 4.90 Å². The molecular weight excluding hydrogens is 631 g/mol. The number of carbonyl (C=O) groups excluding carboxylic acids is 3. The molecule has 3 aromatic rings. The number of hydrogen-bond donors (Lipinski definition) is 1. The average Bonchev–Trinajstić information content (AvgIpc) is 3.40. The highest BCUT2D eigenvalue weighted by atomic mass is 28.4. The molecule has 9 heteroatoms. The Morgan fingerprint density at radius 3 is 2.22 bits per heavy atom. The van der Waals surface area contributed by atoms with Gasteiger partial charge in [0.1, 0.15) is 18.4 Å². The zero-order chi connectivity index (χ0) is 34.2. The van der Waals surface area contributed by atoms with Crippen molar-refractivity contribution in [2.75, 3.05) is 19.7 Å². The molecule has 3 aromatic carbocycles. The predicted molar refractivity (Wildman–Crippen MR) is 192 cm³/mol. The maximum atomic E-state index is 13.1. The Labute approximate surface area is 291 Å². The fourth-order valence-corrected chi connectivity index (χ4v) is 13.2. The highest BCUT2D eigenvalue weighted by Crippen LogP contribution is 2.42. The number of piperidine rings is 2. The minimum Gasteiger partial charge on any atom is -0.492 e. The third-order valence-corrected chi connectivity index (χ3v) is 16.2. The zero-order valence-corrected chi connectivity index (χ0v) is 30.0. The van der Waals surface area contributed by atoms with E-state index in [-0.39, 0.29) is 29.4 Å². The van der Waals surface area contributed by atoms with Crippen LogP contribution in [0.4, 0.5) is 0 Å². The van der Waals surface area contributed by atoms with E-state index in [4.69, 9.17) is 9.16 Å². The van der Waals surface area contributed by atoms with Gasteiger partial charge in [-0.3, -0.25) is 24.6 Å². The molecule has 2 saturated heterocycles. The Morgan fingerprint density at radius 2 is 1.57 bits per heavy atom. The van der Waals surface area contributed by atoms with Gasteiger partial charge >= 0.3 is 0 Å². The highest BCUT2D eigenvalue weighted by molar-refractivity contribution is 6.99. The van der Waals surface area contributed by atoms with Gasteiger partial charge in [0.05, 0.1) is 0 Å². The van der Waals surface area contributed by atoms with Crippen molar-refractivity contribution in [2.45, 2.75) is 95.5 Å². The monoisotopic (exact) mass is 679 g/mol. The van der Waals surface area contributed by atoms with E-state index in [1.807, 2.05) is 18.2 Å². The van der Waals surface area contributed by atoms with Gasteiger partial charge in [-0.2, -0.15) is 0 Å². The van der Waals surface area contributed by atoms with E-state index in [2.05, 4.69) is 91.7 Å². The number of amides is 3. The van der Waals surface area contributed by atoms with Crippen LogP contribution in [0, 0.1) is 5.92 Å². The molecule has 3 heterocycles. The molecule has 0 aromatic heterocycles. The smallest absolute Gasteiger partial charge is 0.261 e. The average molecular weight is 680 g/mol. The van der Waals surface area contributed by atoms with Crippen molar-refractivity contribution in [3.05, 3.63) is 90.0 Å². The van der Waals surface area contributed by atoms with E-state index in [0.717, 1.165) is 43.7 Å². The standard InChI is InChI=1S/C40H49N3O5Si/c1-40(2,3)49(33-13-6-4-7-14-33,34-15-8-5-9-16-34)48-32-22-28(23-32)25-42-21-11-10-12-30(42)27-47-31-17-18-35-29(24-31)26-43(39(35)46)36-19-20-37(44)41-38(36)45/h4-9,13-18,24,28,30,32,36H,10-12,19-23,25-27H2,1-3H3,(H,41,44,45)/t28?,30-,32?,36?/m1/s1. The zero-order valence-electron chi connectivity index (χ0n) is 29.0. The molecule has 258 valence electrons. The number of carbonyl (C=O) groups is 3. The summed E-state index contributed by atoms with van der Waals surface area (Å²) in [6.07, 6.45) is 6.55. The first-order valence-electron chi connectivity index (χ1n) is 18.1. The predicted octanol–water partition coefficient (Wildman–Crippen LogP) is 5.04. The number of benzene rings is 3. The molecule has 3 aliphatic heterocycles. The molecule has 3 amide bonds. The molecular formula is C40H49N3O5Si. The maximum absolute atomic E-state index is 13.1. The van der Waals surface area contributed by atoms with Crippen molar-refractivity contribution in [2.24, 2.45) is 5.92 Å². The van der Waals surface area contributed by atoms with Crippen LogP contribution >= 0.6 is 0 Å². The van der Waals surface area contributed by atoms with Crippen LogP contribution in [0.3, 0.4) is 0 Å². The molecule has 49 heavy (non-hydrogen) atoms. The van der Waals surface area contributed by atoms with Crippen molar-refractivity contribution in [1.82, 2.24) is 15.1 Å². The normalized spacial score (nSPS) is 24.7. The maximum Gasteiger partial charge on any atom is 0.261 e.